The summed E-state index contributed by atoms with van der Waals surface area (Å²) in [4.78, 5) is 0. The Morgan fingerprint density at radius 3 is 2.85 bits per heavy atom. The van der Waals surface area contributed by atoms with Crippen molar-refractivity contribution in [3.8, 4) is 5.69 Å². The zero-order valence-electron chi connectivity index (χ0n) is 6.81. The average molecular weight is 194 g/mol. The van der Waals surface area contributed by atoms with E-state index in [-0.39, 0.29) is 0 Å². The zero-order chi connectivity index (χ0) is 9.26. The van der Waals surface area contributed by atoms with Gasteiger partial charge in [-0.1, -0.05) is 11.6 Å². The number of benzene rings is 1. The molecule has 3 nitrogen and oxygen atoms in total. The number of hydrogen-bond acceptors (Lipinski definition) is 2. The number of rotatable bonds is 1. The molecule has 1 aromatic heterocycles. The van der Waals surface area contributed by atoms with Gasteiger partial charge in [-0.15, -0.1) is 0 Å². The van der Waals surface area contributed by atoms with Gasteiger partial charge in [0.25, 0.3) is 0 Å². The number of halogens is 1. The molecule has 0 aliphatic rings. The van der Waals surface area contributed by atoms with Crippen LogP contribution in [0.4, 0.5) is 5.69 Å². The molecule has 0 atom stereocenters. The van der Waals surface area contributed by atoms with Crippen molar-refractivity contribution in [2.45, 2.75) is 0 Å². The molecule has 0 fully saturated rings. The quantitative estimate of drug-likeness (QED) is 0.705. The molecule has 0 saturated carbocycles. The van der Waals surface area contributed by atoms with Crippen molar-refractivity contribution in [2.24, 2.45) is 0 Å². The molecule has 2 aromatic rings. The standard InChI is InChI=1S/C9H8ClN3/c10-8-3-2-7(6-9(8)11)13-5-1-4-12-13/h1-6H,11H2. The van der Waals surface area contributed by atoms with Crippen molar-refractivity contribution < 1.29 is 0 Å². The molecule has 0 aliphatic heterocycles. The highest BCUT2D eigenvalue weighted by molar-refractivity contribution is 6.33. The number of nitrogen functional groups attached to an aromatic ring is 1. The number of anilines is 1. The highest BCUT2D eigenvalue weighted by atomic mass is 35.5. The smallest absolute Gasteiger partial charge is 0.0667 e. The third-order valence-corrected chi connectivity index (χ3v) is 2.09. The summed E-state index contributed by atoms with van der Waals surface area (Å²) in [6.07, 6.45) is 3.56. The Morgan fingerprint density at radius 1 is 1.38 bits per heavy atom. The molecular formula is C9H8ClN3. The van der Waals surface area contributed by atoms with Crippen LogP contribution in [0.15, 0.2) is 36.7 Å². The molecule has 0 aliphatic carbocycles. The second-order valence-corrected chi connectivity index (χ2v) is 3.06. The van der Waals surface area contributed by atoms with Crippen molar-refractivity contribution in [3.05, 3.63) is 41.7 Å². The van der Waals surface area contributed by atoms with E-state index in [9.17, 15) is 0 Å². The number of aromatic nitrogens is 2. The van der Waals surface area contributed by atoms with Crippen molar-refractivity contribution in [1.29, 1.82) is 0 Å². The van der Waals surface area contributed by atoms with E-state index < -0.39 is 0 Å². The van der Waals surface area contributed by atoms with Gasteiger partial charge in [0.1, 0.15) is 0 Å². The van der Waals surface area contributed by atoms with Crippen LogP contribution in [0.5, 0.6) is 0 Å². The third kappa shape index (κ3) is 1.51. The first kappa shape index (κ1) is 8.13. The second kappa shape index (κ2) is 3.11. The lowest BCUT2D eigenvalue weighted by molar-refractivity contribution is 0.881. The first-order chi connectivity index (χ1) is 6.27. The molecular weight excluding hydrogens is 186 g/mol. The van der Waals surface area contributed by atoms with Gasteiger partial charge in [0.15, 0.2) is 0 Å². The zero-order valence-corrected chi connectivity index (χ0v) is 7.57. The van der Waals surface area contributed by atoms with Crippen molar-refractivity contribution in [2.75, 3.05) is 5.73 Å². The van der Waals surface area contributed by atoms with Gasteiger partial charge in [0.2, 0.25) is 0 Å². The van der Waals surface area contributed by atoms with E-state index in [1.165, 1.54) is 0 Å². The lowest BCUT2D eigenvalue weighted by atomic mass is 10.3. The molecule has 1 aromatic carbocycles. The fourth-order valence-corrected chi connectivity index (χ4v) is 1.21. The fraction of sp³-hybridized carbons (Fsp3) is 0. The summed E-state index contributed by atoms with van der Waals surface area (Å²) in [5.41, 5.74) is 7.13. The Hall–Kier alpha value is -1.48. The Labute approximate surface area is 80.7 Å². The van der Waals surface area contributed by atoms with E-state index in [0.29, 0.717) is 10.7 Å². The van der Waals surface area contributed by atoms with Gasteiger partial charge in [-0.05, 0) is 24.3 Å². The van der Waals surface area contributed by atoms with E-state index in [1.54, 1.807) is 23.0 Å². The first-order valence-corrected chi connectivity index (χ1v) is 4.20. The summed E-state index contributed by atoms with van der Waals surface area (Å²) in [5.74, 6) is 0. The van der Waals surface area contributed by atoms with Crippen LogP contribution in [0.1, 0.15) is 0 Å². The topological polar surface area (TPSA) is 43.8 Å². The van der Waals surface area contributed by atoms with Gasteiger partial charge in [-0.25, -0.2) is 4.68 Å². The summed E-state index contributed by atoms with van der Waals surface area (Å²) >= 11 is 5.79. The van der Waals surface area contributed by atoms with E-state index in [1.807, 2.05) is 18.3 Å². The van der Waals surface area contributed by atoms with Crippen LogP contribution < -0.4 is 5.73 Å². The minimum absolute atomic E-state index is 0.565. The minimum Gasteiger partial charge on any atom is -0.397 e. The van der Waals surface area contributed by atoms with Gasteiger partial charge >= 0.3 is 0 Å². The highest BCUT2D eigenvalue weighted by Crippen LogP contribution is 2.20. The van der Waals surface area contributed by atoms with Crippen LogP contribution in [-0.2, 0) is 0 Å². The third-order valence-electron chi connectivity index (χ3n) is 1.75. The van der Waals surface area contributed by atoms with Crippen LogP contribution in [0, 0.1) is 0 Å². The van der Waals surface area contributed by atoms with Gasteiger partial charge in [0, 0.05) is 12.4 Å². The molecule has 13 heavy (non-hydrogen) atoms. The predicted octanol–water partition coefficient (Wildman–Crippen LogP) is 2.11. The summed E-state index contributed by atoms with van der Waals surface area (Å²) in [6.45, 7) is 0. The summed E-state index contributed by atoms with van der Waals surface area (Å²) < 4.78 is 1.73. The average Bonchev–Trinajstić information content (AvgIpc) is 2.62. The maximum absolute atomic E-state index is 5.79. The van der Waals surface area contributed by atoms with E-state index in [4.69, 9.17) is 17.3 Å². The van der Waals surface area contributed by atoms with Gasteiger partial charge in [-0.3, -0.25) is 0 Å². The lowest BCUT2D eigenvalue weighted by Crippen LogP contribution is -1.95. The van der Waals surface area contributed by atoms with E-state index in [2.05, 4.69) is 5.10 Å². The normalized spacial score (nSPS) is 10.2. The molecule has 4 heteroatoms. The molecule has 66 valence electrons. The van der Waals surface area contributed by atoms with Crippen molar-refractivity contribution in [1.82, 2.24) is 9.78 Å². The number of hydrogen-bond donors (Lipinski definition) is 1. The molecule has 2 N–H and O–H groups in total. The Balaban J connectivity index is 2.49. The van der Waals surface area contributed by atoms with Crippen LogP contribution in [0.2, 0.25) is 5.02 Å². The number of nitrogens with two attached hydrogens (primary N) is 1. The van der Waals surface area contributed by atoms with E-state index >= 15 is 0 Å². The van der Waals surface area contributed by atoms with Gasteiger partial charge in [-0.2, -0.15) is 5.10 Å². The Kier molecular flexibility index (Phi) is 1.94. The summed E-state index contributed by atoms with van der Waals surface area (Å²) in [5, 5.41) is 4.64. The predicted molar refractivity (Wildman–Crippen MR) is 53.0 cm³/mol. The highest BCUT2D eigenvalue weighted by Gasteiger charge is 1.99. The summed E-state index contributed by atoms with van der Waals surface area (Å²) in [7, 11) is 0. The first-order valence-electron chi connectivity index (χ1n) is 3.82. The second-order valence-electron chi connectivity index (χ2n) is 2.66. The van der Waals surface area contributed by atoms with Crippen LogP contribution in [0.3, 0.4) is 0 Å². The minimum atomic E-state index is 0.565. The van der Waals surface area contributed by atoms with Crippen molar-refractivity contribution >= 4 is 17.3 Å². The molecule has 0 bridgehead atoms. The maximum atomic E-state index is 5.79. The molecule has 0 radical (unpaired) electrons. The molecule has 0 amide bonds. The van der Waals surface area contributed by atoms with Crippen LogP contribution in [-0.4, -0.2) is 9.78 Å². The molecule has 0 saturated heterocycles. The Morgan fingerprint density at radius 2 is 2.23 bits per heavy atom. The molecule has 2 rings (SSSR count). The molecule has 1 heterocycles. The molecule has 0 unspecified atom stereocenters. The Bertz CT molecular complexity index is 409. The van der Waals surface area contributed by atoms with Gasteiger partial charge in [0.05, 0.1) is 16.4 Å². The summed E-state index contributed by atoms with van der Waals surface area (Å²) in [6, 6.07) is 7.26. The van der Waals surface area contributed by atoms with Crippen LogP contribution >= 0.6 is 11.6 Å². The monoisotopic (exact) mass is 193 g/mol. The van der Waals surface area contributed by atoms with Crippen LogP contribution in [0.25, 0.3) is 5.69 Å². The van der Waals surface area contributed by atoms with Gasteiger partial charge < -0.3 is 5.73 Å². The molecule has 0 spiro atoms. The fourth-order valence-electron chi connectivity index (χ4n) is 1.10. The maximum Gasteiger partial charge on any atom is 0.0667 e. The van der Waals surface area contributed by atoms with E-state index in [0.717, 1.165) is 5.69 Å². The largest absolute Gasteiger partial charge is 0.397 e. The van der Waals surface area contributed by atoms with Crippen molar-refractivity contribution in [3.63, 3.8) is 0 Å². The SMILES string of the molecule is Nc1cc(-n2cccn2)ccc1Cl. The lowest BCUT2D eigenvalue weighted by Gasteiger charge is -2.03. The number of nitrogens with zero attached hydrogens (tertiary/aromatic N) is 2.